The van der Waals surface area contributed by atoms with Gasteiger partial charge in [0.1, 0.15) is 11.6 Å². The van der Waals surface area contributed by atoms with Gasteiger partial charge in [-0.2, -0.15) is 0 Å². The quantitative estimate of drug-likeness (QED) is 0.116. The monoisotopic (exact) mass is 679 g/mol. The number of aromatic nitrogens is 2. The number of aliphatic carboxylic acids is 1. The Bertz CT molecular complexity index is 1270. The van der Waals surface area contributed by atoms with E-state index in [9.17, 15) is 14.3 Å². The van der Waals surface area contributed by atoms with Crippen molar-refractivity contribution < 1.29 is 19.0 Å². The fourth-order valence-corrected chi connectivity index (χ4v) is 6.98. The number of hydrogen-bond acceptors (Lipinski definition) is 4. The highest BCUT2D eigenvalue weighted by Crippen LogP contribution is 2.41. The number of carboxylic acids is 1. The van der Waals surface area contributed by atoms with Gasteiger partial charge in [0.2, 0.25) is 0 Å². The van der Waals surface area contributed by atoms with Gasteiger partial charge >= 0.3 is 5.97 Å². The number of aryl methyl sites for hydroxylation is 2. The van der Waals surface area contributed by atoms with Crippen LogP contribution in [0.2, 0.25) is 0 Å². The maximum atomic E-state index is 13.8. The number of unbranched alkanes of at least 4 members (excludes halogenated alkanes) is 8. The van der Waals surface area contributed by atoms with Gasteiger partial charge in [-0.05, 0) is 98.8 Å². The fourth-order valence-electron chi connectivity index (χ4n) is 6.98. The van der Waals surface area contributed by atoms with E-state index >= 15 is 0 Å². The molecule has 0 saturated carbocycles. The van der Waals surface area contributed by atoms with Crippen molar-refractivity contribution >= 4 is 41.8 Å². The Morgan fingerprint density at radius 3 is 2.35 bits per heavy atom. The Morgan fingerprint density at radius 1 is 1.00 bits per heavy atom. The van der Waals surface area contributed by atoms with Crippen LogP contribution < -0.4 is 0 Å². The van der Waals surface area contributed by atoms with Gasteiger partial charge < -0.3 is 19.7 Å². The number of carbonyl (C=O) groups is 1. The molecule has 0 saturated heterocycles. The van der Waals surface area contributed by atoms with Gasteiger partial charge in [0.05, 0.1) is 17.6 Å². The Morgan fingerprint density at radius 2 is 1.67 bits per heavy atom. The molecule has 9 heteroatoms. The lowest BCUT2D eigenvalue weighted by Gasteiger charge is -2.36. The normalized spacial score (nSPS) is 16.7. The van der Waals surface area contributed by atoms with Crippen molar-refractivity contribution in [3.63, 3.8) is 0 Å². The summed E-state index contributed by atoms with van der Waals surface area (Å²) in [6.45, 7) is 6.51. The third kappa shape index (κ3) is 12.4. The molecular formula is C37H56Cl2FN3O3. The van der Waals surface area contributed by atoms with Gasteiger partial charge in [-0.25, -0.2) is 14.2 Å². The van der Waals surface area contributed by atoms with Crippen molar-refractivity contribution in [1.82, 2.24) is 14.9 Å². The summed E-state index contributed by atoms with van der Waals surface area (Å²) in [7, 11) is 2.08. The molecule has 0 amide bonds. The average Bonchev–Trinajstić information content (AvgIpc) is 3.42. The molecule has 4 rings (SSSR count). The van der Waals surface area contributed by atoms with E-state index < -0.39 is 12.1 Å². The van der Waals surface area contributed by atoms with E-state index in [0.29, 0.717) is 25.5 Å². The summed E-state index contributed by atoms with van der Waals surface area (Å²) < 4.78 is 19.8. The van der Waals surface area contributed by atoms with Crippen LogP contribution in [-0.2, 0) is 22.4 Å². The Hall–Kier alpha value is -2.19. The van der Waals surface area contributed by atoms with Crippen molar-refractivity contribution in [2.45, 2.75) is 109 Å². The van der Waals surface area contributed by atoms with Crippen LogP contribution in [0.5, 0.6) is 0 Å². The topological polar surface area (TPSA) is 78.5 Å². The number of rotatable bonds is 20. The predicted molar refractivity (Wildman–Crippen MR) is 191 cm³/mol. The van der Waals surface area contributed by atoms with Gasteiger partial charge in [-0.1, -0.05) is 77.0 Å². The lowest BCUT2D eigenvalue weighted by molar-refractivity contribution is -0.152. The summed E-state index contributed by atoms with van der Waals surface area (Å²) in [6, 6.07) is 13.3. The molecule has 0 spiro atoms. The van der Waals surface area contributed by atoms with Crippen LogP contribution in [-0.4, -0.2) is 58.8 Å². The maximum Gasteiger partial charge on any atom is 0.332 e. The number of halogens is 3. The highest BCUT2D eigenvalue weighted by Gasteiger charge is 2.33. The zero-order valence-electron chi connectivity index (χ0n) is 28.0. The van der Waals surface area contributed by atoms with Crippen LogP contribution in [0.25, 0.3) is 11.0 Å². The van der Waals surface area contributed by atoms with Crippen molar-refractivity contribution in [3.05, 3.63) is 65.2 Å². The number of para-hydroxylation sites is 2. The van der Waals surface area contributed by atoms with Gasteiger partial charge in [0.25, 0.3) is 0 Å². The molecule has 1 aliphatic carbocycles. The number of benzene rings is 2. The third-order valence-corrected chi connectivity index (χ3v) is 9.43. The Balaban J connectivity index is 0.00000368. The van der Waals surface area contributed by atoms with Crippen LogP contribution in [0.3, 0.4) is 0 Å². The number of carboxylic acid groups (broad SMARTS) is 1. The van der Waals surface area contributed by atoms with Crippen LogP contribution in [0, 0.1) is 17.7 Å². The Labute approximate surface area is 288 Å². The molecule has 0 radical (unpaired) electrons. The minimum Gasteiger partial charge on any atom is -0.479 e. The standard InChI is InChI=1S/C37H54FN3O3.2ClH/c1-27(2)36-29(19-18-28-25-30(38)20-21-31(28)36)26-44-34(37(42)43)22-24-41(3)23-14-10-8-6-4-5-7-9-11-17-35-39-32-15-12-13-16-33(32)40-35;;/h12-13,15-16,20-21,25,27,29,34,36H,4-11,14,17-19,22-24,26H2,1-3H3,(H,39,40)(H,42,43);2*1H/t29?,34-,36-;;/m0../s1. The summed E-state index contributed by atoms with van der Waals surface area (Å²) in [6.07, 6.45) is 13.7. The SMILES string of the molecule is CC(C)[C@@H]1c2ccc(F)cc2CCC1CO[C@@H](CCN(C)CCCCCCCCCCCc1nc2ccccc2[nH]1)C(=O)O.Cl.Cl. The third-order valence-electron chi connectivity index (χ3n) is 9.43. The van der Waals surface area contributed by atoms with Crippen LogP contribution in [0.4, 0.5) is 4.39 Å². The zero-order valence-corrected chi connectivity index (χ0v) is 29.7. The van der Waals surface area contributed by atoms with E-state index in [1.54, 1.807) is 12.1 Å². The number of ether oxygens (including phenoxy) is 1. The molecule has 0 bridgehead atoms. The van der Waals surface area contributed by atoms with Gasteiger partial charge in [-0.3, -0.25) is 0 Å². The molecule has 1 aromatic heterocycles. The summed E-state index contributed by atoms with van der Waals surface area (Å²) in [5.41, 5.74) is 4.47. The Kier molecular flexibility index (Phi) is 18.2. The van der Waals surface area contributed by atoms with E-state index in [1.807, 2.05) is 18.2 Å². The second kappa shape index (κ2) is 20.9. The summed E-state index contributed by atoms with van der Waals surface area (Å²) in [5.74, 6) is 0.913. The first-order valence-electron chi connectivity index (χ1n) is 17.1. The molecule has 1 unspecified atom stereocenters. The molecule has 258 valence electrons. The number of nitrogens with one attached hydrogen (secondary N) is 1. The molecule has 0 aliphatic heterocycles. The molecule has 0 fully saturated rings. The summed E-state index contributed by atoms with van der Waals surface area (Å²) >= 11 is 0. The number of aromatic amines is 1. The van der Waals surface area contributed by atoms with Gasteiger partial charge in [0.15, 0.2) is 6.10 Å². The molecule has 3 atom stereocenters. The van der Waals surface area contributed by atoms with Gasteiger partial charge in [-0.15, -0.1) is 24.8 Å². The molecule has 2 N–H and O–H groups in total. The van der Waals surface area contributed by atoms with E-state index in [4.69, 9.17) is 4.74 Å². The zero-order chi connectivity index (χ0) is 31.3. The van der Waals surface area contributed by atoms with Crippen molar-refractivity contribution in [2.24, 2.45) is 11.8 Å². The van der Waals surface area contributed by atoms with E-state index in [1.165, 1.54) is 56.9 Å². The molecule has 1 aliphatic rings. The van der Waals surface area contributed by atoms with E-state index in [0.717, 1.165) is 54.6 Å². The molecule has 6 nitrogen and oxygen atoms in total. The fraction of sp³-hybridized carbons (Fsp3) is 0.622. The predicted octanol–water partition coefficient (Wildman–Crippen LogP) is 9.39. The van der Waals surface area contributed by atoms with Crippen LogP contribution in [0.15, 0.2) is 42.5 Å². The minimum atomic E-state index is -0.882. The highest BCUT2D eigenvalue weighted by atomic mass is 35.5. The van der Waals surface area contributed by atoms with E-state index in [2.05, 4.69) is 47.9 Å². The molecule has 1 heterocycles. The first-order valence-corrected chi connectivity index (χ1v) is 17.1. The number of H-pyrrole nitrogens is 1. The molecule has 2 aromatic carbocycles. The van der Waals surface area contributed by atoms with Gasteiger partial charge in [0, 0.05) is 13.0 Å². The summed E-state index contributed by atoms with van der Waals surface area (Å²) in [5, 5.41) is 9.83. The number of fused-ring (bicyclic) bond motifs is 2. The molecule has 3 aromatic rings. The lowest BCUT2D eigenvalue weighted by Crippen LogP contribution is -2.34. The first kappa shape index (κ1) is 40.0. The second-order valence-corrected chi connectivity index (χ2v) is 13.3. The van der Waals surface area contributed by atoms with Crippen molar-refractivity contribution in [1.29, 1.82) is 0 Å². The maximum absolute atomic E-state index is 13.8. The summed E-state index contributed by atoms with van der Waals surface area (Å²) in [4.78, 5) is 22.3. The van der Waals surface area contributed by atoms with Crippen molar-refractivity contribution in [3.8, 4) is 0 Å². The number of hydrogen-bond donors (Lipinski definition) is 2. The second-order valence-electron chi connectivity index (χ2n) is 13.3. The van der Waals surface area contributed by atoms with E-state index in [-0.39, 0.29) is 42.5 Å². The first-order chi connectivity index (χ1) is 21.3. The average molecular weight is 681 g/mol. The van der Waals surface area contributed by atoms with Crippen LogP contribution >= 0.6 is 24.8 Å². The molecular weight excluding hydrogens is 624 g/mol. The van der Waals surface area contributed by atoms with Crippen LogP contribution in [0.1, 0.15) is 107 Å². The number of nitrogens with zero attached hydrogens (tertiary/aromatic N) is 2. The highest BCUT2D eigenvalue weighted by molar-refractivity contribution is 5.85. The minimum absolute atomic E-state index is 0. The van der Waals surface area contributed by atoms with Crippen molar-refractivity contribution in [2.75, 3.05) is 26.7 Å². The number of imidazole rings is 1. The smallest absolute Gasteiger partial charge is 0.332 e. The lowest BCUT2D eigenvalue weighted by atomic mass is 9.70. The molecule has 46 heavy (non-hydrogen) atoms. The largest absolute Gasteiger partial charge is 0.479 e.